The minimum Gasteiger partial charge on any atom is -0.478 e. The van der Waals surface area contributed by atoms with Gasteiger partial charge in [0.2, 0.25) is 0 Å². The third-order valence-electron chi connectivity index (χ3n) is 3.47. The monoisotopic (exact) mass is 286 g/mol. The molecule has 0 spiro atoms. The molecule has 0 aliphatic carbocycles. The Kier molecular flexibility index (Phi) is 3.06. The first kappa shape index (κ1) is 12.9. The number of carbonyl (C=O) groups is 1. The molecule has 3 aromatic rings. The fourth-order valence-electron chi connectivity index (χ4n) is 2.55. The molecule has 0 amide bonds. The van der Waals surface area contributed by atoms with E-state index in [0.29, 0.717) is 5.52 Å². The van der Waals surface area contributed by atoms with Gasteiger partial charge in [0.15, 0.2) is 0 Å². The molecule has 0 aliphatic heterocycles. The number of nitrogens with zero attached hydrogens (tertiary/aromatic N) is 2. The van der Waals surface area contributed by atoms with Gasteiger partial charge in [0.25, 0.3) is 0 Å². The molecule has 1 aromatic carbocycles. The number of carboxylic acid groups (broad SMARTS) is 1. The Balaban J connectivity index is 2.24. The van der Waals surface area contributed by atoms with Crippen molar-refractivity contribution < 1.29 is 9.90 Å². The minimum atomic E-state index is -0.941. The van der Waals surface area contributed by atoms with Gasteiger partial charge in [-0.15, -0.1) is 11.3 Å². The van der Waals surface area contributed by atoms with E-state index in [0.717, 1.165) is 11.3 Å². The number of aryl methyl sites for hydroxylation is 1. The molecular weight excluding hydrogens is 272 g/mol. The largest absolute Gasteiger partial charge is 0.478 e. The Labute approximate surface area is 120 Å². The minimum absolute atomic E-state index is 0.143. The number of fused-ring (bicyclic) bond motifs is 1. The summed E-state index contributed by atoms with van der Waals surface area (Å²) in [7, 11) is 0. The van der Waals surface area contributed by atoms with E-state index in [1.54, 1.807) is 23.5 Å². The van der Waals surface area contributed by atoms with Crippen molar-refractivity contribution in [1.29, 1.82) is 0 Å². The van der Waals surface area contributed by atoms with Crippen LogP contribution in [0.1, 0.15) is 34.0 Å². The highest BCUT2D eigenvalue weighted by molar-refractivity contribution is 7.10. The number of carboxylic acids is 1. The molecule has 1 N–H and O–H groups in total. The van der Waals surface area contributed by atoms with Gasteiger partial charge in [0.1, 0.15) is 11.3 Å². The smallest absolute Gasteiger partial charge is 0.337 e. The summed E-state index contributed by atoms with van der Waals surface area (Å²) in [6, 6.07) is 9.53. The molecule has 2 heterocycles. The van der Waals surface area contributed by atoms with Crippen molar-refractivity contribution in [3.05, 3.63) is 52.0 Å². The van der Waals surface area contributed by atoms with Gasteiger partial charge < -0.3 is 9.67 Å². The van der Waals surface area contributed by atoms with Crippen LogP contribution in [0.2, 0.25) is 0 Å². The van der Waals surface area contributed by atoms with E-state index in [1.165, 1.54) is 4.88 Å². The van der Waals surface area contributed by atoms with Crippen LogP contribution in [0.5, 0.6) is 0 Å². The topological polar surface area (TPSA) is 55.1 Å². The average Bonchev–Trinajstić information content (AvgIpc) is 3.03. The van der Waals surface area contributed by atoms with Gasteiger partial charge in [-0.05, 0) is 37.4 Å². The van der Waals surface area contributed by atoms with Crippen LogP contribution in [0.3, 0.4) is 0 Å². The Morgan fingerprint density at radius 1 is 1.35 bits per heavy atom. The second-order valence-corrected chi connectivity index (χ2v) is 5.68. The van der Waals surface area contributed by atoms with Gasteiger partial charge in [-0.25, -0.2) is 9.78 Å². The number of para-hydroxylation sites is 1. The lowest BCUT2D eigenvalue weighted by molar-refractivity contribution is 0.0699. The third-order valence-corrected chi connectivity index (χ3v) is 4.51. The summed E-state index contributed by atoms with van der Waals surface area (Å²) in [6.45, 7) is 4.02. The summed E-state index contributed by atoms with van der Waals surface area (Å²) in [5, 5.41) is 11.3. The molecule has 4 nitrogen and oxygen atoms in total. The average molecular weight is 286 g/mol. The van der Waals surface area contributed by atoms with Crippen LogP contribution in [0.15, 0.2) is 35.7 Å². The second-order valence-electron chi connectivity index (χ2n) is 4.70. The molecule has 0 aliphatic rings. The highest BCUT2D eigenvalue weighted by atomic mass is 32.1. The number of hydrogen-bond acceptors (Lipinski definition) is 3. The number of benzene rings is 1. The van der Waals surface area contributed by atoms with E-state index in [2.05, 4.69) is 22.5 Å². The van der Waals surface area contributed by atoms with Crippen LogP contribution in [0, 0.1) is 6.92 Å². The van der Waals surface area contributed by atoms with Crippen molar-refractivity contribution in [3.63, 3.8) is 0 Å². The second kappa shape index (κ2) is 4.76. The molecular formula is C15H14N2O2S. The van der Waals surface area contributed by atoms with Crippen LogP contribution in [-0.4, -0.2) is 20.6 Å². The molecule has 2 aromatic heterocycles. The van der Waals surface area contributed by atoms with Crippen LogP contribution in [0.4, 0.5) is 0 Å². The Bertz CT molecular complexity index is 775. The zero-order valence-corrected chi connectivity index (χ0v) is 12.0. The van der Waals surface area contributed by atoms with Crippen molar-refractivity contribution in [1.82, 2.24) is 9.55 Å². The van der Waals surface area contributed by atoms with Crippen molar-refractivity contribution in [2.24, 2.45) is 0 Å². The molecule has 0 saturated heterocycles. The summed E-state index contributed by atoms with van der Waals surface area (Å²) in [5.74, 6) is -0.112. The van der Waals surface area contributed by atoms with Gasteiger partial charge in [-0.2, -0.15) is 0 Å². The highest BCUT2D eigenvalue weighted by Gasteiger charge is 2.19. The molecule has 0 fully saturated rings. The van der Waals surface area contributed by atoms with Crippen LogP contribution < -0.4 is 0 Å². The Hall–Kier alpha value is -2.14. The Morgan fingerprint density at radius 3 is 2.80 bits per heavy atom. The van der Waals surface area contributed by atoms with Crippen molar-refractivity contribution >= 4 is 28.3 Å². The molecule has 20 heavy (non-hydrogen) atoms. The predicted molar refractivity (Wildman–Crippen MR) is 79.6 cm³/mol. The maximum atomic E-state index is 11.3. The number of rotatable bonds is 3. The van der Waals surface area contributed by atoms with E-state index in [-0.39, 0.29) is 11.6 Å². The molecule has 1 atom stereocenters. The van der Waals surface area contributed by atoms with Crippen molar-refractivity contribution in [2.75, 3.05) is 0 Å². The fraction of sp³-hybridized carbons (Fsp3) is 0.200. The molecule has 0 radical (unpaired) electrons. The van der Waals surface area contributed by atoms with Gasteiger partial charge in [-0.1, -0.05) is 12.1 Å². The van der Waals surface area contributed by atoms with Crippen molar-refractivity contribution in [3.8, 4) is 0 Å². The van der Waals surface area contributed by atoms with E-state index >= 15 is 0 Å². The standard InChI is InChI=1S/C15H14N2O2S/c1-9(13-7-4-8-20-13)17-10(2)16-14-11(15(18)19)5-3-6-12(14)17/h3-9H,1-2H3,(H,18,19). The van der Waals surface area contributed by atoms with E-state index in [1.807, 2.05) is 24.4 Å². The number of imidazole rings is 1. The third kappa shape index (κ3) is 1.91. The maximum Gasteiger partial charge on any atom is 0.337 e. The van der Waals surface area contributed by atoms with Gasteiger partial charge in [0.05, 0.1) is 17.1 Å². The number of hydrogen-bond donors (Lipinski definition) is 1. The molecule has 102 valence electrons. The normalized spacial score (nSPS) is 12.7. The molecule has 0 bridgehead atoms. The summed E-state index contributed by atoms with van der Waals surface area (Å²) in [4.78, 5) is 17.0. The predicted octanol–water partition coefficient (Wildman–Crippen LogP) is 3.71. The van der Waals surface area contributed by atoms with Gasteiger partial charge in [0, 0.05) is 4.88 Å². The van der Waals surface area contributed by atoms with E-state index in [9.17, 15) is 9.90 Å². The number of aromatic carboxylic acids is 1. The molecule has 5 heteroatoms. The molecule has 0 saturated carbocycles. The van der Waals surface area contributed by atoms with Crippen LogP contribution in [0.25, 0.3) is 11.0 Å². The first-order valence-corrected chi connectivity index (χ1v) is 7.22. The van der Waals surface area contributed by atoms with Crippen LogP contribution >= 0.6 is 11.3 Å². The first-order chi connectivity index (χ1) is 9.59. The van der Waals surface area contributed by atoms with Crippen LogP contribution in [-0.2, 0) is 0 Å². The lowest BCUT2D eigenvalue weighted by Crippen LogP contribution is -2.07. The summed E-state index contributed by atoms with van der Waals surface area (Å²) in [5.41, 5.74) is 1.67. The lowest BCUT2D eigenvalue weighted by atomic mass is 10.1. The quantitative estimate of drug-likeness (QED) is 0.798. The van der Waals surface area contributed by atoms with Gasteiger partial charge in [-0.3, -0.25) is 0 Å². The zero-order valence-electron chi connectivity index (χ0n) is 11.2. The van der Waals surface area contributed by atoms with E-state index in [4.69, 9.17) is 0 Å². The maximum absolute atomic E-state index is 11.3. The molecule has 3 rings (SSSR count). The van der Waals surface area contributed by atoms with Gasteiger partial charge >= 0.3 is 5.97 Å². The lowest BCUT2D eigenvalue weighted by Gasteiger charge is -2.14. The number of aromatic nitrogens is 2. The summed E-state index contributed by atoms with van der Waals surface area (Å²) >= 11 is 1.69. The number of thiophene rings is 1. The van der Waals surface area contributed by atoms with Crippen molar-refractivity contribution in [2.45, 2.75) is 19.9 Å². The summed E-state index contributed by atoms with van der Waals surface area (Å²) < 4.78 is 2.09. The summed E-state index contributed by atoms with van der Waals surface area (Å²) in [6.07, 6.45) is 0. The SMILES string of the molecule is Cc1nc2c(C(=O)O)cccc2n1C(C)c1cccs1. The fourth-order valence-corrected chi connectivity index (χ4v) is 3.32. The van der Waals surface area contributed by atoms with E-state index < -0.39 is 5.97 Å². The molecule has 1 unspecified atom stereocenters. The zero-order chi connectivity index (χ0) is 14.3. The first-order valence-electron chi connectivity index (χ1n) is 6.34. The highest BCUT2D eigenvalue weighted by Crippen LogP contribution is 2.29. The Morgan fingerprint density at radius 2 is 2.15 bits per heavy atom.